The van der Waals surface area contributed by atoms with Crippen LogP contribution < -0.4 is 5.32 Å². The second-order valence-corrected chi connectivity index (χ2v) is 11.7. The van der Waals surface area contributed by atoms with Crippen LogP contribution in [0.15, 0.2) is 35.2 Å². The Kier molecular flexibility index (Phi) is 8.34. The Bertz CT molecular complexity index is 1000. The first-order chi connectivity index (χ1) is 14.0. The first kappa shape index (κ1) is 24.2. The third kappa shape index (κ3) is 7.03. The largest absolute Gasteiger partial charge is 0.343 e. The summed E-state index contributed by atoms with van der Waals surface area (Å²) in [5, 5.41) is 2.61. The second kappa shape index (κ2) is 10.3. The monoisotopic (exact) mass is 456 g/mol. The van der Waals surface area contributed by atoms with E-state index in [-0.39, 0.29) is 52.9 Å². The van der Waals surface area contributed by atoms with Gasteiger partial charge in [0, 0.05) is 25.9 Å². The van der Waals surface area contributed by atoms with Gasteiger partial charge in [0.15, 0.2) is 15.6 Å². The summed E-state index contributed by atoms with van der Waals surface area (Å²) in [6.45, 7) is 0. The first-order valence-electron chi connectivity index (χ1n) is 9.68. The number of carbonyl (C=O) groups excluding carboxylic acids is 2. The van der Waals surface area contributed by atoms with Crippen LogP contribution in [0.2, 0.25) is 0 Å². The number of benzene rings is 1. The molecule has 1 aliphatic rings. The molecule has 0 aromatic heterocycles. The summed E-state index contributed by atoms with van der Waals surface area (Å²) in [5.74, 6) is -0.449. The molecule has 0 radical (unpaired) electrons. The first-order valence-corrected chi connectivity index (χ1v) is 13.2. The number of rotatable bonds is 9. The highest BCUT2D eigenvalue weighted by Gasteiger charge is 2.28. The van der Waals surface area contributed by atoms with E-state index in [0.29, 0.717) is 18.4 Å². The number of sulfone groups is 2. The average Bonchev–Trinajstić information content (AvgIpc) is 2.70. The molecule has 0 spiro atoms. The molecular formula is C20H28N2O6S2. The molecule has 1 aromatic rings. The summed E-state index contributed by atoms with van der Waals surface area (Å²) in [6, 6.07) is 6.17. The predicted molar refractivity (Wildman–Crippen MR) is 115 cm³/mol. The number of carbonyl (C=O) groups is 2. The van der Waals surface area contributed by atoms with Crippen LogP contribution in [0, 0.1) is 0 Å². The zero-order valence-corrected chi connectivity index (χ0v) is 18.8. The standard InChI is InChI=1S/C20H28N2O6S2/c1-21-15-30(27,28)19-5-3-4-16(14-19)6-7-18(23)8-9-20(24)22(2)17-10-12-29(25,26)13-11-17/h3-7,14,17,21H,8-13,15H2,1-2H3/b7-6+. The zero-order chi connectivity index (χ0) is 22.4. The van der Waals surface area contributed by atoms with Crippen molar-refractivity contribution in [1.29, 1.82) is 0 Å². The van der Waals surface area contributed by atoms with Crippen molar-refractivity contribution in [2.45, 2.75) is 36.6 Å². The Balaban J connectivity index is 1.88. The molecule has 1 aromatic carbocycles. The van der Waals surface area contributed by atoms with Gasteiger partial charge in [0.25, 0.3) is 0 Å². The van der Waals surface area contributed by atoms with E-state index in [4.69, 9.17) is 0 Å². The van der Waals surface area contributed by atoms with E-state index in [1.807, 2.05) is 0 Å². The van der Waals surface area contributed by atoms with Gasteiger partial charge in [-0.05, 0) is 43.7 Å². The van der Waals surface area contributed by atoms with Crippen molar-refractivity contribution in [3.63, 3.8) is 0 Å². The van der Waals surface area contributed by atoms with Crippen molar-refractivity contribution < 1.29 is 26.4 Å². The molecular weight excluding hydrogens is 428 g/mol. The molecule has 1 saturated heterocycles. The van der Waals surface area contributed by atoms with Gasteiger partial charge in [0.1, 0.15) is 15.7 Å². The van der Waals surface area contributed by atoms with Crippen molar-refractivity contribution in [1.82, 2.24) is 10.2 Å². The number of nitrogens with zero attached hydrogens (tertiary/aromatic N) is 1. The predicted octanol–water partition coefficient (Wildman–Crippen LogP) is 1.04. The number of nitrogens with one attached hydrogen (secondary N) is 1. The molecule has 0 bridgehead atoms. The van der Waals surface area contributed by atoms with Crippen molar-refractivity contribution in [3.05, 3.63) is 35.9 Å². The van der Waals surface area contributed by atoms with Gasteiger partial charge in [-0.15, -0.1) is 0 Å². The van der Waals surface area contributed by atoms with Crippen molar-refractivity contribution in [2.24, 2.45) is 0 Å². The van der Waals surface area contributed by atoms with E-state index in [1.54, 1.807) is 31.1 Å². The molecule has 0 unspecified atom stereocenters. The van der Waals surface area contributed by atoms with Crippen LogP contribution in [-0.4, -0.2) is 70.9 Å². The van der Waals surface area contributed by atoms with Crippen LogP contribution >= 0.6 is 0 Å². The van der Waals surface area contributed by atoms with Crippen LogP contribution in [0.4, 0.5) is 0 Å². The number of hydrogen-bond acceptors (Lipinski definition) is 7. The van der Waals surface area contributed by atoms with Crippen LogP contribution in [0.5, 0.6) is 0 Å². The highest BCUT2D eigenvalue weighted by molar-refractivity contribution is 7.91. The van der Waals surface area contributed by atoms with Gasteiger partial charge in [-0.2, -0.15) is 0 Å². The fourth-order valence-electron chi connectivity index (χ4n) is 3.23. The number of allylic oxidation sites excluding steroid dienone is 1. The second-order valence-electron chi connectivity index (χ2n) is 7.37. The summed E-state index contributed by atoms with van der Waals surface area (Å²) < 4.78 is 47.2. The Labute approximate surface area is 178 Å². The van der Waals surface area contributed by atoms with Gasteiger partial charge in [-0.1, -0.05) is 18.2 Å². The minimum absolute atomic E-state index is 0.0302. The lowest BCUT2D eigenvalue weighted by Gasteiger charge is -2.31. The topological polar surface area (TPSA) is 118 Å². The molecule has 8 nitrogen and oxygen atoms in total. The smallest absolute Gasteiger partial charge is 0.223 e. The van der Waals surface area contributed by atoms with Crippen LogP contribution in [0.3, 0.4) is 0 Å². The highest BCUT2D eigenvalue weighted by Crippen LogP contribution is 2.18. The molecule has 0 saturated carbocycles. The quantitative estimate of drug-likeness (QED) is 0.552. The van der Waals surface area contributed by atoms with Gasteiger partial charge in [-0.3, -0.25) is 9.59 Å². The van der Waals surface area contributed by atoms with Gasteiger partial charge in [-0.25, -0.2) is 16.8 Å². The molecule has 2 rings (SSSR count). The van der Waals surface area contributed by atoms with E-state index in [1.165, 1.54) is 24.3 Å². The van der Waals surface area contributed by atoms with Gasteiger partial charge in [0.05, 0.1) is 16.4 Å². The number of amides is 1. The van der Waals surface area contributed by atoms with Crippen molar-refractivity contribution >= 4 is 37.4 Å². The van der Waals surface area contributed by atoms with Crippen LogP contribution in [-0.2, 0) is 29.3 Å². The SMILES string of the molecule is CNCS(=O)(=O)c1cccc(/C=C/C(=O)CCC(=O)N(C)C2CCS(=O)(=O)CC2)c1. The van der Waals surface area contributed by atoms with Gasteiger partial charge in [0.2, 0.25) is 5.91 Å². The average molecular weight is 457 g/mol. The van der Waals surface area contributed by atoms with Gasteiger partial charge < -0.3 is 10.2 Å². The lowest BCUT2D eigenvalue weighted by atomic mass is 10.1. The molecule has 166 valence electrons. The summed E-state index contributed by atoms with van der Waals surface area (Å²) in [4.78, 5) is 26.2. The maximum atomic E-state index is 12.3. The van der Waals surface area contributed by atoms with E-state index in [9.17, 15) is 26.4 Å². The molecule has 0 atom stereocenters. The Morgan fingerprint density at radius 1 is 1.20 bits per heavy atom. The minimum Gasteiger partial charge on any atom is -0.343 e. The normalized spacial score (nSPS) is 17.1. The molecule has 1 N–H and O–H groups in total. The summed E-state index contributed by atoms with van der Waals surface area (Å²) >= 11 is 0. The van der Waals surface area contributed by atoms with Crippen LogP contribution in [0.1, 0.15) is 31.2 Å². The fraction of sp³-hybridized carbons (Fsp3) is 0.500. The van der Waals surface area contributed by atoms with E-state index in [2.05, 4.69) is 5.32 Å². The number of hydrogen-bond donors (Lipinski definition) is 1. The highest BCUT2D eigenvalue weighted by atomic mass is 32.2. The molecule has 1 heterocycles. The lowest BCUT2D eigenvalue weighted by Crippen LogP contribution is -2.42. The van der Waals surface area contributed by atoms with Crippen molar-refractivity contribution in [2.75, 3.05) is 31.5 Å². The fourth-order valence-corrected chi connectivity index (χ4v) is 5.85. The summed E-state index contributed by atoms with van der Waals surface area (Å²) in [6.07, 6.45) is 3.78. The molecule has 30 heavy (non-hydrogen) atoms. The molecule has 0 aliphatic carbocycles. The van der Waals surface area contributed by atoms with E-state index < -0.39 is 19.7 Å². The lowest BCUT2D eigenvalue weighted by molar-refractivity contribution is -0.133. The maximum absolute atomic E-state index is 12.3. The summed E-state index contributed by atoms with van der Waals surface area (Å²) in [5.41, 5.74) is 0.576. The summed E-state index contributed by atoms with van der Waals surface area (Å²) in [7, 11) is -3.24. The molecule has 10 heteroatoms. The third-order valence-corrected chi connectivity index (χ3v) is 8.42. The van der Waals surface area contributed by atoms with E-state index in [0.717, 1.165) is 0 Å². The Morgan fingerprint density at radius 3 is 2.50 bits per heavy atom. The Hall–Kier alpha value is -2.04. The van der Waals surface area contributed by atoms with Crippen molar-refractivity contribution in [3.8, 4) is 0 Å². The molecule has 1 aliphatic heterocycles. The maximum Gasteiger partial charge on any atom is 0.223 e. The van der Waals surface area contributed by atoms with Crippen LogP contribution in [0.25, 0.3) is 6.08 Å². The van der Waals surface area contributed by atoms with Gasteiger partial charge >= 0.3 is 0 Å². The Morgan fingerprint density at radius 2 is 1.87 bits per heavy atom. The molecule has 1 amide bonds. The third-order valence-electron chi connectivity index (χ3n) is 5.06. The van der Waals surface area contributed by atoms with E-state index >= 15 is 0 Å². The zero-order valence-electron chi connectivity index (χ0n) is 17.2. The molecule has 1 fully saturated rings. The number of ketones is 1. The minimum atomic E-state index is -3.44.